The molecule has 0 aromatic heterocycles. The minimum Gasteiger partial charge on any atom is -0.463 e. The van der Waals surface area contributed by atoms with Crippen LogP contribution in [0.4, 0.5) is 0 Å². The second-order valence-corrected chi connectivity index (χ2v) is 7.26. The molecule has 0 aliphatic carbocycles. The van der Waals surface area contributed by atoms with Crippen LogP contribution in [-0.2, 0) is 28.6 Å². The average Bonchev–Trinajstić information content (AvgIpc) is 2.86. The molecule has 1 atom stereocenters. The van der Waals surface area contributed by atoms with Crippen LogP contribution in [0.3, 0.4) is 0 Å². The molecule has 0 fully saturated rings. The van der Waals surface area contributed by atoms with E-state index in [4.69, 9.17) is 9.84 Å². The number of carbonyl (C=O) groups is 3. The number of rotatable bonds is 12. The van der Waals surface area contributed by atoms with E-state index < -0.39 is 5.97 Å². The first-order chi connectivity index (χ1) is 16.6. The summed E-state index contributed by atoms with van der Waals surface area (Å²) in [5, 5.41) is 8.19. The van der Waals surface area contributed by atoms with E-state index in [-0.39, 0.29) is 31.3 Å². The first-order valence-electron chi connectivity index (χ1n) is 11.5. The Hall–Kier alpha value is -3.45. The maximum Gasteiger partial charge on any atom is 0.337 e. The van der Waals surface area contributed by atoms with Crippen molar-refractivity contribution in [2.75, 3.05) is 19.8 Å². The number of benzene rings is 1. The summed E-state index contributed by atoms with van der Waals surface area (Å²) in [5.41, 5.74) is 1.75. The summed E-state index contributed by atoms with van der Waals surface area (Å²) in [6.45, 7) is 18.2. The summed E-state index contributed by atoms with van der Waals surface area (Å²) in [4.78, 5) is 32.4. The van der Waals surface area contributed by atoms with E-state index in [0.29, 0.717) is 17.8 Å². The summed E-state index contributed by atoms with van der Waals surface area (Å²) in [7, 11) is 0. The monoisotopic (exact) mass is 488 g/mol. The Kier molecular flexibility index (Phi) is 21.5. The molecule has 1 unspecified atom stereocenters. The van der Waals surface area contributed by atoms with Crippen LogP contribution in [0.15, 0.2) is 73.4 Å². The van der Waals surface area contributed by atoms with Crippen LogP contribution in [0.1, 0.15) is 52.5 Å². The topological polar surface area (TPSA) is 99.1 Å². The maximum atomic E-state index is 11.6. The molecule has 0 aliphatic heterocycles. The number of unbranched alkanes of at least 4 members (excludes halogenated alkanes) is 1. The van der Waals surface area contributed by atoms with E-state index >= 15 is 0 Å². The SMILES string of the molecule is C=C(C)C(=O)OCCO.C=C(C=Cc1ccccc1)C(=O)OC(C)CC.C=CC(=O)OCCCC. The van der Waals surface area contributed by atoms with Gasteiger partial charge in [-0.05, 0) is 38.3 Å². The third-order valence-electron chi connectivity index (χ3n) is 4.00. The summed E-state index contributed by atoms with van der Waals surface area (Å²) in [5.74, 6) is -1.14. The van der Waals surface area contributed by atoms with E-state index in [1.165, 1.54) is 6.08 Å². The zero-order chi connectivity index (χ0) is 27.1. The van der Waals surface area contributed by atoms with Gasteiger partial charge in [0.2, 0.25) is 0 Å². The van der Waals surface area contributed by atoms with Gasteiger partial charge in [-0.1, -0.05) is 76.4 Å². The Balaban J connectivity index is 0. The molecule has 0 aliphatic rings. The first kappa shape index (κ1) is 33.7. The van der Waals surface area contributed by atoms with E-state index in [9.17, 15) is 14.4 Å². The number of ether oxygens (including phenoxy) is 3. The highest BCUT2D eigenvalue weighted by atomic mass is 16.5. The van der Waals surface area contributed by atoms with Crippen molar-refractivity contribution in [2.45, 2.75) is 53.1 Å². The molecule has 7 heteroatoms. The molecule has 194 valence electrons. The fourth-order valence-electron chi connectivity index (χ4n) is 1.81. The lowest BCUT2D eigenvalue weighted by Crippen LogP contribution is -2.14. The Morgan fingerprint density at radius 3 is 2.14 bits per heavy atom. The number of aliphatic hydroxyl groups excluding tert-OH is 1. The number of esters is 3. The molecule has 0 spiro atoms. The lowest BCUT2D eigenvalue weighted by atomic mass is 10.2. The lowest BCUT2D eigenvalue weighted by molar-refractivity contribution is -0.143. The fraction of sp³-hybridized carbons (Fsp3) is 0.393. The smallest absolute Gasteiger partial charge is 0.337 e. The number of carbonyl (C=O) groups excluding carboxylic acids is 3. The zero-order valence-corrected chi connectivity index (χ0v) is 21.5. The molecule has 1 aromatic carbocycles. The second kappa shape index (κ2) is 22.3. The molecule has 1 N–H and O–H groups in total. The largest absolute Gasteiger partial charge is 0.463 e. The van der Waals surface area contributed by atoms with Crippen LogP contribution in [0.5, 0.6) is 0 Å². The third kappa shape index (κ3) is 20.9. The van der Waals surface area contributed by atoms with Gasteiger partial charge in [-0.15, -0.1) is 0 Å². The highest BCUT2D eigenvalue weighted by Gasteiger charge is 2.09. The van der Waals surface area contributed by atoms with Crippen LogP contribution in [0.25, 0.3) is 6.08 Å². The fourth-order valence-corrected chi connectivity index (χ4v) is 1.81. The molecule has 1 aromatic rings. The average molecular weight is 489 g/mol. The maximum absolute atomic E-state index is 11.6. The van der Waals surface area contributed by atoms with Gasteiger partial charge in [0.05, 0.1) is 24.9 Å². The van der Waals surface area contributed by atoms with Gasteiger partial charge < -0.3 is 19.3 Å². The molecule has 35 heavy (non-hydrogen) atoms. The molecule has 0 saturated carbocycles. The van der Waals surface area contributed by atoms with E-state index in [1.807, 2.05) is 57.2 Å². The van der Waals surface area contributed by atoms with Crippen molar-refractivity contribution in [1.82, 2.24) is 0 Å². The van der Waals surface area contributed by atoms with Gasteiger partial charge in [-0.2, -0.15) is 0 Å². The van der Waals surface area contributed by atoms with Crippen molar-refractivity contribution in [2.24, 2.45) is 0 Å². The molecule has 1 rings (SSSR count). The minimum absolute atomic E-state index is 0.0473. The summed E-state index contributed by atoms with van der Waals surface area (Å²) < 4.78 is 14.3. The van der Waals surface area contributed by atoms with Gasteiger partial charge in [0.15, 0.2) is 0 Å². The van der Waals surface area contributed by atoms with Crippen LogP contribution >= 0.6 is 0 Å². The molecule has 0 heterocycles. The quantitative estimate of drug-likeness (QED) is 0.142. The van der Waals surface area contributed by atoms with Crippen molar-refractivity contribution in [3.05, 3.63) is 78.9 Å². The molecular weight excluding hydrogens is 448 g/mol. The van der Waals surface area contributed by atoms with Crippen molar-refractivity contribution in [3.8, 4) is 0 Å². The molecule has 7 nitrogen and oxygen atoms in total. The van der Waals surface area contributed by atoms with Crippen LogP contribution < -0.4 is 0 Å². The van der Waals surface area contributed by atoms with Crippen LogP contribution in [0.2, 0.25) is 0 Å². The first-order valence-corrected chi connectivity index (χ1v) is 11.5. The predicted octanol–water partition coefficient (Wildman–Crippen LogP) is 5.21. The van der Waals surface area contributed by atoms with Crippen molar-refractivity contribution in [1.29, 1.82) is 0 Å². The number of hydrogen-bond acceptors (Lipinski definition) is 7. The molecule has 0 bridgehead atoms. The van der Waals surface area contributed by atoms with Crippen LogP contribution in [0, 0.1) is 0 Å². The highest BCUT2D eigenvalue weighted by molar-refractivity contribution is 5.92. The summed E-state index contributed by atoms with van der Waals surface area (Å²) in [6.07, 6.45) is 7.42. The number of hydrogen-bond donors (Lipinski definition) is 1. The summed E-state index contributed by atoms with van der Waals surface area (Å²) in [6, 6.07) is 9.76. The van der Waals surface area contributed by atoms with Gasteiger partial charge >= 0.3 is 17.9 Å². The predicted molar refractivity (Wildman–Crippen MR) is 139 cm³/mol. The Bertz CT molecular complexity index is 808. The highest BCUT2D eigenvalue weighted by Crippen LogP contribution is 2.07. The van der Waals surface area contributed by atoms with Gasteiger partial charge in [-0.25, -0.2) is 14.4 Å². The minimum atomic E-state index is -0.455. The van der Waals surface area contributed by atoms with Gasteiger partial charge in [-0.3, -0.25) is 0 Å². The molecule has 0 amide bonds. The van der Waals surface area contributed by atoms with Crippen molar-refractivity contribution in [3.63, 3.8) is 0 Å². The standard InChI is InChI=1S/C15H18O2.C7H12O2.C6H10O3/c1-4-13(3)17-15(16)12(2)10-11-14-8-6-5-7-9-14;1-3-5-6-9-7(8)4-2;1-5(2)6(8)9-4-3-7/h5-11,13H,2,4H2,1,3H3;4H,2-3,5-6H2,1H3;7H,1,3-4H2,2H3. The van der Waals surface area contributed by atoms with E-state index in [0.717, 1.165) is 24.8 Å². The van der Waals surface area contributed by atoms with E-state index in [2.05, 4.69) is 29.2 Å². The van der Waals surface area contributed by atoms with Gasteiger partial charge in [0, 0.05) is 11.6 Å². The van der Waals surface area contributed by atoms with Gasteiger partial charge in [0.25, 0.3) is 0 Å². The second-order valence-electron chi connectivity index (χ2n) is 7.26. The van der Waals surface area contributed by atoms with Crippen LogP contribution in [-0.4, -0.2) is 48.9 Å². The Morgan fingerprint density at radius 2 is 1.66 bits per heavy atom. The molecular formula is C28H40O7. The van der Waals surface area contributed by atoms with E-state index in [1.54, 1.807) is 13.0 Å². The van der Waals surface area contributed by atoms with Crippen molar-refractivity contribution < 1.29 is 33.7 Å². The zero-order valence-electron chi connectivity index (χ0n) is 21.5. The molecule has 0 radical (unpaired) electrons. The van der Waals surface area contributed by atoms with Crippen molar-refractivity contribution >= 4 is 24.0 Å². The lowest BCUT2D eigenvalue weighted by Gasteiger charge is -2.10. The number of aliphatic hydroxyl groups is 1. The molecule has 0 saturated heterocycles. The summed E-state index contributed by atoms with van der Waals surface area (Å²) >= 11 is 0. The Labute approximate surface area is 209 Å². The Morgan fingerprint density at radius 1 is 1.03 bits per heavy atom. The van der Waals surface area contributed by atoms with Gasteiger partial charge in [0.1, 0.15) is 6.61 Å². The normalized spacial score (nSPS) is 10.4. The third-order valence-corrected chi connectivity index (χ3v) is 4.00.